The minimum absolute atomic E-state index is 0.108. The number of nitrogens with zero attached hydrogens (tertiary/aromatic N) is 3. The van der Waals surface area contributed by atoms with Crippen molar-refractivity contribution in [3.8, 4) is 0 Å². The van der Waals surface area contributed by atoms with Gasteiger partial charge in [-0.25, -0.2) is 4.68 Å². The number of likely N-dealkylation sites (N-methyl/N-ethyl adjacent to an activating group) is 1. The largest absolute Gasteiger partial charge is 0.376 e. The first kappa shape index (κ1) is 14.0. The average Bonchev–Trinajstić information content (AvgIpc) is 2.73. The fraction of sp³-hybridized carbons (Fsp3) is 0.833. The zero-order valence-corrected chi connectivity index (χ0v) is 12.8. The maximum absolute atomic E-state index is 5.91. The van der Waals surface area contributed by atoms with E-state index < -0.39 is 0 Å². The lowest BCUT2D eigenvalue weighted by Crippen LogP contribution is -2.46. The van der Waals surface area contributed by atoms with Gasteiger partial charge < -0.3 is 10.1 Å². The molecule has 1 N–H and O–H groups in total. The first-order valence-corrected chi connectivity index (χ1v) is 7.21. The quantitative estimate of drug-likeness (QED) is 0.925. The molecule has 1 saturated carbocycles. The number of aryl methyl sites for hydroxylation is 1. The van der Waals surface area contributed by atoms with E-state index in [1.54, 1.807) is 0 Å². The maximum Gasteiger partial charge on any atom is 0.153 e. The molecule has 0 radical (unpaired) electrons. The van der Waals surface area contributed by atoms with Crippen molar-refractivity contribution in [2.45, 2.75) is 43.7 Å². The fourth-order valence-corrected chi connectivity index (χ4v) is 3.61. The SMILES string of the molecule is CNC(c1c(Br)nnn1C)C1(OC)CCCCC1. The Labute approximate surface area is 116 Å². The van der Waals surface area contributed by atoms with E-state index in [-0.39, 0.29) is 11.6 Å². The summed E-state index contributed by atoms with van der Waals surface area (Å²) in [5, 5.41) is 11.5. The van der Waals surface area contributed by atoms with Gasteiger partial charge in [-0.1, -0.05) is 24.5 Å². The molecule has 5 nitrogen and oxygen atoms in total. The number of methoxy groups -OCH3 is 1. The molecule has 0 aliphatic heterocycles. The van der Waals surface area contributed by atoms with Crippen LogP contribution >= 0.6 is 15.9 Å². The highest BCUT2D eigenvalue weighted by Crippen LogP contribution is 2.42. The average molecular weight is 317 g/mol. The molecule has 1 aromatic rings. The van der Waals surface area contributed by atoms with Crippen molar-refractivity contribution in [1.82, 2.24) is 20.3 Å². The molecule has 0 bridgehead atoms. The lowest BCUT2D eigenvalue weighted by atomic mass is 9.78. The number of rotatable bonds is 4. The van der Waals surface area contributed by atoms with Crippen LogP contribution in [0.1, 0.15) is 43.8 Å². The molecule has 2 rings (SSSR count). The van der Waals surface area contributed by atoms with Gasteiger partial charge >= 0.3 is 0 Å². The van der Waals surface area contributed by atoms with E-state index in [0.717, 1.165) is 23.1 Å². The molecule has 1 atom stereocenters. The summed E-state index contributed by atoms with van der Waals surface area (Å²) in [6.07, 6.45) is 5.88. The molecular weight excluding hydrogens is 296 g/mol. The third-order valence-corrected chi connectivity index (χ3v) is 4.59. The van der Waals surface area contributed by atoms with Gasteiger partial charge in [0.15, 0.2) is 4.60 Å². The number of hydrogen-bond acceptors (Lipinski definition) is 4. The van der Waals surface area contributed by atoms with E-state index >= 15 is 0 Å². The van der Waals surface area contributed by atoms with Crippen molar-refractivity contribution in [2.75, 3.05) is 14.2 Å². The molecule has 6 heteroatoms. The van der Waals surface area contributed by atoms with Crippen LogP contribution in [-0.2, 0) is 11.8 Å². The van der Waals surface area contributed by atoms with Gasteiger partial charge in [-0.3, -0.25) is 0 Å². The maximum atomic E-state index is 5.91. The van der Waals surface area contributed by atoms with E-state index in [1.165, 1.54) is 19.3 Å². The molecular formula is C12H21BrN4O. The normalized spacial score (nSPS) is 20.9. The van der Waals surface area contributed by atoms with Crippen LogP contribution in [0, 0.1) is 0 Å². The second-order valence-electron chi connectivity index (χ2n) is 4.94. The highest BCUT2D eigenvalue weighted by atomic mass is 79.9. The van der Waals surface area contributed by atoms with E-state index in [4.69, 9.17) is 4.74 Å². The van der Waals surface area contributed by atoms with Gasteiger partial charge in [0.25, 0.3) is 0 Å². The highest BCUT2D eigenvalue weighted by molar-refractivity contribution is 9.10. The van der Waals surface area contributed by atoms with Crippen LogP contribution in [-0.4, -0.2) is 34.8 Å². The van der Waals surface area contributed by atoms with Crippen LogP contribution < -0.4 is 5.32 Å². The zero-order valence-electron chi connectivity index (χ0n) is 11.2. The molecule has 0 amide bonds. The lowest BCUT2D eigenvalue weighted by molar-refractivity contribution is -0.0690. The number of ether oxygens (including phenoxy) is 1. The fourth-order valence-electron chi connectivity index (χ4n) is 3.06. The van der Waals surface area contributed by atoms with Gasteiger partial charge in [-0.05, 0) is 35.8 Å². The Bertz CT molecular complexity index is 381. The predicted octanol–water partition coefficient (Wildman–Crippen LogP) is 2.19. The summed E-state index contributed by atoms with van der Waals surface area (Å²) < 4.78 is 8.53. The summed E-state index contributed by atoms with van der Waals surface area (Å²) in [5.41, 5.74) is 0.909. The van der Waals surface area contributed by atoms with E-state index in [0.29, 0.717) is 0 Å². The van der Waals surface area contributed by atoms with Gasteiger partial charge in [-0.2, -0.15) is 0 Å². The van der Waals surface area contributed by atoms with Crippen molar-refractivity contribution >= 4 is 15.9 Å². The summed E-state index contributed by atoms with van der Waals surface area (Å²) in [6.45, 7) is 0. The van der Waals surface area contributed by atoms with E-state index in [2.05, 4.69) is 31.6 Å². The molecule has 1 aliphatic carbocycles. The summed E-state index contributed by atoms with van der Waals surface area (Å²) in [7, 11) is 5.70. The molecule has 1 aliphatic rings. The second kappa shape index (κ2) is 5.67. The zero-order chi connectivity index (χ0) is 13.2. The summed E-state index contributed by atoms with van der Waals surface area (Å²) in [4.78, 5) is 0. The summed E-state index contributed by atoms with van der Waals surface area (Å²) in [5.74, 6) is 0. The highest BCUT2D eigenvalue weighted by Gasteiger charge is 2.42. The summed E-state index contributed by atoms with van der Waals surface area (Å²) >= 11 is 3.49. The van der Waals surface area contributed by atoms with Crippen molar-refractivity contribution in [3.63, 3.8) is 0 Å². The molecule has 0 spiro atoms. The van der Waals surface area contributed by atoms with Crippen molar-refractivity contribution in [1.29, 1.82) is 0 Å². The molecule has 0 aromatic carbocycles. The molecule has 1 unspecified atom stereocenters. The van der Waals surface area contributed by atoms with Crippen LogP contribution in [0.5, 0.6) is 0 Å². The molecule has 18 heavy (non-hydrogen) atoms. The Kier molecular flexibility index (Phi) is 4.40. The monoisotopic (exact) mass is 316 g/mol. The van der Waals surface area contributed by atoms with Crippen LogP contribution in [0.15, 0.2) is 4.60 Å². The standard InChI is InChI=1S/C12H21BrN4O/c1-14-10(9-11(13)15-16-17(9)2)12(18-3)7-5-4-6-8-12/h10,14H,4-8H2,1-3H3. The van der Waals surface area contributed by atoms with Crippen molar-refractivity contribution in [3.05, 3.63) is 10.3 Å². The molecule has 1 heterocycles. The minimum atomic E-state index is -0.148. The number of hydrogen-bond donors (Lipinski definition) is 1. The lowest BCUT2D eigenvalue weighted by Gasteiger charge is -2.42. The van der Waals surface area contributed by atoms with Crippen LogP contribution in [0.4, 0.5) is 0 Å². The Balaban J connectivity index is 2.37. The van der Waals surface area contributed by atoms with Gasteiger partial charge in [-0.15, -0.1) is 5.10 Å². The predicted molar refractivity (Wildman–Crippen MR) is 73.3 cm³/mol. The van der Waals surface area contributed by atoms with Gasteiger partial charge in [0.2, 0.25) is 0 Å². The number of aromatic nitrogens is 3. The van der Waals surface area contributed by atoms with Crippen LogP contribution in [0.2, 0.25) is 0 Å². The third kappa shape index (κ3) is 2.33. The number of nitrogens with one attached hydrogen (secondary N) is 1. The first-order valence-electron chi connectivity index (χ1n) is 6.42. The van der Waals surface area contributed by atoms with Crippen molar-refractivity contribution in [2.24, 2.45) is 7.05 Å². The van der Waals surface area contributed by atoms with Gasteiger partial charge in [0, 0.05) is 14.2 Å². The Morgan fingerprint density at radius 1 is 1.39 bits per heavy atom. The topological polar surface area (TPSA) is 52.0 Å². The van der Waals surface area contributed by atoms with E-state index in [1.807, 2.05) is 25.9 Å². The molecule has 1 fully saturated rings. The smallest absolute Gasteiger partial charge is 0.153 e. The third-order valence-electron chi connectivity index (χ3n) is 4.02. The summed E-state index contributed by atoms with van der Waals surface area (Å²) in [6, 6.07) is 0.108. The Morgan fingerprint density at radius 3 is 2.50 bits per heavy atom. The molecule has 102 valence electrons. The van der Waals surface area contributed by atoms with Gasteiger partial charge in [0.05, 0.1) is 17.3 Å². The first-order chi connectivity index (χ1) is 8.64. The van der Waals surface area contributed by atoms with Gasteiger partial charge in [0.1, 0.15) is 0 Å². The Hall–Kier alpha value is -0.460. The minimum Gasteiger partial charge on any atom is -0.376 e. The molecule has 1 aromatic heterocycles. The second-order valence-corrected chi connectivity index (χ2v) is 5.69. The van der Waals surface area contributed by atoms with Crippen LogP contribution in [0.3, 0.4) is 0 Å². The van der Waals surface area contributed by atoms with E-state index in [9.17, 15) is 0 Å². The Morgan fingerprint density at radius 2 is 2.06 bits per heavy atom. The molecule has 0 saturated heterocycles. The number of halogens is 1. The van der Waals surface area contributed by atoms with Crippen LogP contribution in [0.25, 0.3) is 0 Å². The van der Waals surface area contributed by atoms with Crippen molar-refractivity contribution < 1.29 is 4.74 Å².